The summed E-state index contributed by atoms with van der Waals surface area (Å²) < 4.78 is 0. The van der Waals surface area contributed by atoms with E-state index in [0.717, 1.165) is 5.92 Å². The molecule has 1 saturated carbocycles. The van der Waals surface area contributed by atoms with Crippen LogP contribution in [0.3, 0.4) is 0 Å². The van der Waals surface area contributed by atoms with Gasteiger partial charge in [-0.25, -0.2) is 9.97 Å². The first-order valence-corrected chi connectivity index (χ1v) is 4.81. The van der Waals surface area contributed by atoms with Crippen LogP contribution in [0.25, 0.3) is 0 Å². The van der Waals surface area contributed by atoms with E-state index in [9.17, 15) is 0 Å². The molecule has 14 heavy (non-hydrogen) atoms. The van der Waals surface area contributed by atoms with Gasteiger partial charge in [-0.05, 0) is 12.3 Å². The highest BCUT2D eigenvalue weighted by molar-refractivity contribution is 5.51. The molecule has 4 heteroatoms. The van der Waals surface area contributed by atoms with Gasteiger partial charge in [0.1, 0.15) is 23.8 Å². The standard InChI is InChI=1S/C10H12N4/c1-2-7-3-9(7)14-10-8(4-11)5-12-6-13-10/h5-7,9H,2-3H2,1H3,(H,12,13,14). The Labute approximate surface area is 83.0 Å². The summed E-state index contributed by atoms with van der Waals surface area (Å²) in [6, 6.07) is 2.58. The van der Waals surface area contributed by atoms with Crippen molar-refractivity contribution in [2.75, 3.05) is 5.32 Å². The number of hydrogen-bond donors (Lipinski definition) is 1. The number of rotatable bonds is 3. The molecule has 4 nitrogen and oxygen atoms in total. The molecular weight excluding hydrogens is 176 g/mol. The van der Waals surface area contributed by atoms with Gasteiger partial charge in [0.15, 0.2) is 0 Å². The molecule has 1 N–H and O–H groups in total. The second kappa shape index (κ2) is 3.62. The highest BCUT2D eigenvalue weighted by Gasteiger charge is 2.35. The molecule has 1 aliphatic rings. The molecule has 0 aliphatic heterocycles. The van der Waals surface area contributed by atoms with Gasteiger partial charge in [-0.2, -0.15) is 5.26 Å². The van der Waals surface area contributed by atoms with Crippen molar-refractivity contribution in [3.05, 3.63) is 18.1 Å². The molecule has 1 aromatic heterocycles. The van der Waals surface area contributed by atoms with Gasteiger partial charge in [0, 0.05) is 6.04 Å². The number of nitriles is 1. The Morgan fingerprint density at radius 1 is 1.71 bits per heavy atom. The van der Waals surface area contributed by atoms with Crippen LogP contribution in [0.1, 0.15) is 25.3 Å². The highest BCUT2D eigenvalue weighted by Crippen LogP contribution is 2.35. The van der Waals surface area contributed by atoms with Gasteiger partial charge in [0.2, 0.25) is 0 Å². The van der Waals surface area contributed by atoms with Crippen LogP contribution in [-0.4, -0.2) is 16.0 Å². The molecule has 1 fully saturated rings. The molecule has 2 atom stereocenters. The van der Waals surface area contributed by atoms with E-state index in [1.165, 1.54) is 19.2 Å². The molecule has 0 bridgehead atoms. The molecular formula is C10H12N4. The average molecular weight is 188 g/mol. The molecule has 0 radical (unpaired) electrons. The van der Waals surface area contributed by atoms with Crippen molar-refractivity contribution in [3.8, 4) is 6.07 Å². The van der Waals surface area contributed by atoms with E-state index in [-0.39, 0.29) is 0 Å². The van der Waals surface area contributed by atoms with Crippen molar-refractivity contribution in [2.24, 2.45) is 5.92 Å². The zero-order valence-corrected chi connectivity index (χ0v) is 8.07. The Kier molecular flexibility index (Phi) is 2.32. The molecule has 1 heterocycles. The van der Waals surface area contributed by atoms with Crippen molar-refractivity contribution < 1.29 is 0 Å². The largest absolute Gasteiger partial charge is 0.366 e. The maximum atomic E-state index is 8.80. The highest BCUT2D eigenvalue weighted by atomic mass is 15.1. The van der Waals surface area contributed by atoms with Gasteiger partial charge in [-0.3, -0.25) is 0 Å². The van der Waals surface area contributed by atoms with Crippen LogP contribution in [0.2, 0.25) is 0 Å². The van der Waals surface area contributed by atoms with Crippen LogP contribution < -0.4 is 5.32 Å². The molecule has 0 aromatic carbocycles. The zero-order chi connectivity index (χ0) is 9.97. The molecule has 1 aliphatic carbocycles. The third kappa shape index (κ3) is 1.67. The Hall–Kier alpha value is -1.63. The fourth-order valence-corrected chi connectivity index (χ4v) is 1.58. The normalized spacial score (nSPS) is 24.0. The van der Waals surface area contributed by atoms with E-state index < -0.39 is 0 Å². The van der Waals surface area contributed by atoms with Gasteiger partial charge in [0.05, 0.1) is 6.20 Å². The third-order valence-corrected chi connectivity index (χ3v) is 2.60. The van der Waals surface area contributed by atoms with Crippen LogP contribution in [0.5, 0.6) is 0 Å². The summed E-state index contributed by atoms with van der Waals surface area (Å²) in [6.07, 6.45) is 5.38. The molecule has 2 rings (SSSR count). The van der Waals surface area contributed by atoms with Gasteiger partial charge < -0.3 is 5.32 Å². The van der Waals surface area contributed by atoms with E-state index >= 15 is 0 Å². The predicted molar refractivity (Wildman–Crippen MR) is 52.6 cm³/mol. The summed E-state index contributed by atoms with van der Waals surface area (Å²) in [5.41, 5.74) is 0.522. The van der Waals surface area contributed by atoms with Gasteiger partial charge in [-0.1, -0.05) is 13.3 Å². The first-order chi connectivity index (χ1) is 6.85. The zero-order valence-electron chi connectivity index (χ0n) is 8.07. The minimum absolute atomic E-state index is 0.502. The number of anilines is 1. The summed E-state index contributed by atoms with van der Waals surface area (Å²) in [5.74, 6) is 1.42. The summed E-state index contributed by atoms with van der Waals surface area (Å²) in [6.45, 7) is 2.18. The molecule has 0 saturated heterocycles. The summed E-state index contributed by atoms with van der Waals surface area (Å²) in [4.78, 5) is 7.86. The SMILES string of the molecule is CCC1CC1Nc1ncncc1C#N. The van der Waals surface area contributed by atoms with Crippen LogP contribution in [0.15, 0.2) is 12.5 Å². The van der Waals surface area contributed by atoms with Crippen molar-refractivity contribution in [1.82, 2.24) is 9.97 Å². The Morgan fingerprint density at radius 3 is 3.21 bits per heavy atom. The minimum Gasteiger partial charge on any atom is -0.366 e. The molecule has 72 valence electrons. The second-order valence-corrected chi connectivity index (χ2v) is 3.55. The molecule has 1 aromatic rings. The second-order valence-electron chi connectivity index (χ2n) is 3.55. The lowest BCUT2D eigenvalue weighted by Gasteiger charge is -2.04. The van der Waals surface area contributed by atoms with Crippen LogP contribution >= 0.6 is 0 Å². The predicted octanol–water partition coefficient (Wildman–Crippen LogP) is 1.56. The van der Waals surface area contributed by atoms with Gasteiger partial charge in [0.25, 0.3) is 0 Å². The smallest absolute Gasteiger partial charge is 0.147 e. The summed E-state index contributed by atoms with van der Waals surface area (Å²) in [5, 5.41) is 12.1. The quantitative estimate of drug-likeness (QED) is 0.781. The van der Waals surface area contributed by atoms with Gasteiger partial charge in [-0.15, -0.1) is 0 Å². The van der Waals surface area contributed by atoms with Gasteiger partial charge >= 0.3 is 0 Å². The van der Waals surface area contributed by atoms with E-state index in [1.807, 2.05) is 0 Å². The summed E-state index contributed by atoms with van der Waals surface area (Å²) >= 11 is 0. The van der Waals surface area contributed by atoms with Crippen LogP contribution in [0, 0.1) is 17.2 Å². The Balaban J connectivity index is 2.07. The topological polar surface area (TPSA) is 61.6 Å². The van der Waals surface area contributed by atoms with Crippen LogP contribution in [-0.2, 0) is 0 Å². The fourth-order valence-electron chi connectivity index (χ4n) is 1.58. The first-order valence-electron chi connectivity index (χ1n) is 4.81. The lowest BCUT2D eigenvalue weighted by molar-refractivity contribution is 0.773. The van der Waals surface area contributed by atoms with E-state index in [1.54, 1.807) is 6.20 Å². The number of nitrogens with zero attached hydrogens (tertiary/aromatic N) is 3. The Bertz CT molecular complexity index is 369. The van der Waals surface area contributed by atoms with Crippen LogP contribution in [0.4, 0.5) is 5.82 Å². The van der Waals surface area contributed by atoms with E-state index in [0.29, 0.717) is 17.4 Å². The molecule has 2 unspecified atom stereocenters. The maximum Gasteiger partial charge on any atom is 0.147 e. The number of hydrogen-bond acceptors (Lipinski definition) is 4. The van der Waals surface area contributed by atoms with Crippen molar-refractivity contribution in [3.63, 3.8) is 0 Å². The third-order valence-electron chi connectivity index (χ3n) is 2.60. The maximum absolute atomic E-state index is 8.80. The average Bonchev–Trinajstić information content (AvgIpc) is 2.97. The minimum atomic E-state index is 0.502. The molecule has 0 spiro atoms. The number of aromatic nitrogens is 2. The van der Waals surface area contributed by atoms with Crippen molar-refractivity contribution >= 4 is 5.82 Å². The number of nitrogens with one attached hydrogen (secondary N) is 1. The van der Waals surface area contributed by atoms with Crippen molar-refractivity contribution in [1.29, 1.82) is 5.26 Å². The monoisotopic (exact) mass is 188 g/mol. The van der Waals surface area contributed by atoms with E-state index in [2.05, 4.69) is 28.3 Å². The lowest BCUT2D eigenvalue weighted by atomic mass is 10.3. The molecule has 0 amide bonds. The Morgan fingerprint density at radius 2 is 2.57 bits per heavy atom. The van der Waals surface area contributed by atoms with E-state index in [4.69, 9.17) is 5.26 Å². The lowest BCUT2D eigenvalue weighted by Crippen LogP contribution is -2.07. The summed E-state index contributed by atoms with van der Waals surface area (Å²) in [7, 11) is 0. The first kappa shape index (κ1) is 8.95. The van der Waals surface area contributed by atoms with Crippen molar-refractivity contribution in [2.45, 2.75) is 25.8 Å². The fraction of sp³-hybridized carbons (Fsp3) is 0.500.